The molecule has 0 radical (unpaired) electrons. The van der Waals surface area contributed by atoms with E-state index in [-0.39, 0.29) is 17.7 Å². The number of hydrogen-bond acceptors (Lipinski definition) is 3. The van der Waals surface area contributed by atoms with Gasteiger partial charge in [0.25, 0.3) is 0 Å². The maximum absolute atomic E-state index is 13.3. The average Bonchev–Trinajstić information content (AvgIpc) is 2.95. The van der Waals surface area contributed by atoms with Gasteiger partial charge in [0, 0.05) is 25.2 Å². The van der Waals surface area contributed by atoms with Crippen LogP contribution in [0.1, 0.15) is 36.5 Å². The van der Waals surface area contributed by atoms with Gasteiger partial charge in [-0.15, -0.1) is 0 Å². The fourth-order valence-electron chi connectivity index (χ4n) is 4.54. The lowest BCUT2D eigenvalue weighted by atomic mass is 10.0. The molecule has 0 N–H and O–H groups in total. The molecule has 2 aromatic carbocycles. The summed E-state index contributed by atoms with van der Waals surface area (Å²) in [6.07, 6.45) is 3.49. The molecule has 2 atom stereocenters. The Labute approximate surface area is 165 Å². The van der Waals surface area contributed by atoms with Crippen LogP contribution in [-0.2, 0) is 4.74 Å². The minimum Gasteiger partial charge on any atom is -0.367 e. The van der Waals surface area contributed by atoms with Gasteiger partial charge in [0.2, 0.25) is 0 Å². The van der Waals surface area contributed by atoms with E-state index in [0.29, 0.717) is 12.6 Å². The first-order chi connectivity index (χ1) is 13.6. The fraction of sp³-hybridized carbons (Fsp3) is 0.478. The highest BCUT2D eigenvalue weighted by atomic mass is 19.1. The van der Waals surface area contributed by atoms with Crippen LogP contribution in [0.4, 0.5) is 8.78 Å². The SMILES string of the molecule is CN1[C@H]2CC[C@H]1CN(CCOC(c1ccc(F)cc1)c1ccc(F)cc1)CC2. The number of likely N-dealkylation sites (tertiary alicyclic amines) is 1. The lowest BCUT2D eigenvalue weighted by Gasteiger charge is -2.26. The maximum atomic E-state index is 13.3. The molecule has 2 aromatic rings. The monoisotopic (exact) mass is 386 g/mol. The largest absolute Gasteiger partial charge is 0.367 e. The standard InChI is InChI=1S/C23H28F2N2O/c1-26-21-10-11-22(26)16-27(13-12-21)14-15-28-23(17-2-6-19(24)7-3-17)18-4-8-20(25)9-5-18/h2-9,21-23H,10-16H2,1H3/t21-,22-/m0/s1. The van der Waals surface area contributed by atoms with E-state index in [0.717, 1.165) is 36.8 Å². The Kier molecular flexibility index (Phi) is 6.04. The number of rotatable bonds is 6. The van der Waals surface area contributed by atoms with Gasteiger partial charge in [-0.3, -0.25) is 9.80 Å². The van der Waals surface area contributed by atoms with Crippen molar-refractivity contribution in [3.63, 3.8) is 0 Å². The van der Waals surface area contributed by atoms with Crippen LogP contribution in [0.2, 0.25) is 0 Å². The van der Waals surface area contributed by atoms with Gasteiger partial charge in [-0.25, -0.2) is 8.78 Å². The molecule has 2 bridgehead atoms. The van der Waals surface area contributed by atoms with Crippen molar-refractivity contribution >= 4 is 0 Å². The Morgan fingerprint density at radius 3 is 2.07 bits per heavy atom. The van der Waals surface area contributed by atoms with Crippen LogP contribution >= 0.6 is 0 Å². The highest BCUT2D eigenvalue weighted by Crippen LogP contribution is 2.29. The minimum absolute atomic E-state index is 0.273. The zero-order valence-electron chi connectivity index (χ0n) is 16.4. The van der Waals surface area contributed by atoms with Crippen molar-refractivity contribution < 1.29 is 13.5 Å². The second kappa shape index (κ2) is 8.68. The summed E-state index contributed by atoms with van der Waals surface area (Å²) in [5.74, 6) is -0.546. The molecular formula is C23H28F2N2O. The van der Waals surface area contributed by atoms with Crippen LogP contribution < -0.4 is 0 Å². The number of nitrogens with zero attached hydrogens (tertiary/aromatic N) is 2. The van der Waals surface area contributed by atoms with E-state index in [1.54, 1.807) is 24.3 Å². The number of fused-ring (bicyclic) bond motifs is 2. The third kappa shape index (κ3) is 4.43. The van der Waals surface area contributed by atoms with E-state index in [2.05, 4.69) is 16.8 Å². The Morgan fingerprint density at radius 1 is 0.893 bits per heavy atom. The zero-order chi connectivity index (χ0) is 19.5. The number of likely N-dealkylation sites (N-methyl/N-ethyl adjacent to an activating group) is 1. The molecule has 0 aliphatic carbocycles. The number of benzene rings is 2. The molecule has 28 heavy (non-hydrogen) atoms. The fourth-order valence-corrected chi connectivity index (χ4v) is 4.54. The molecule has 4 rings (SSSR count). The van der Waals surface area contributed by atoms with E-state index in [4.69, 9.17) is 4.74 Å². The summed E-state index contributed by atoms with van der Waals surface area (Å²) >= 11 is 0. The third-order valence-electron chi connectivity index (χ3n) is 6.27. The predicted molar refractivity (Wildman–Crippen MR) is 106 cm³/mol. The molecule has 2 saturated heterocycles. The second-order valence-electron chi connectivity index (χ2n) is 7.99. The molecule has 2 aliphatic heterocycles. The highest BCUT2D eigenvalue weighted by Gasteiger charge is 2.34. The number of hydrogen-bond donors (Lipinski definition) is 0. The summed E-state index contributed by atoms with van der Waals surface area (Å²) in [6.45, 7) is 3.65. The minimum atomic E-state index is -0.327. The van der Waals surface area contributed by atoms with E-state index in [1.807, 2.05) is 0 Å². The maximum Gasteiger partial charge on any atom is 0.123 e. The van der Waals surface area contributed by atoms with E-state index in [1.165, 1.54) is 43.5 Å². The number of halogens is 2. The van der Waals surface area contributed by atoms with Gasteiger partial charge in [0.1, 0.15) is 17.7 Å². The van der Waals surface area contributed by atoms with Gasteiger partial charge < -0.3 is 4.74 Å². The van der Waals surface area contributed by atoms with Crippen LogP contribution in [-0.4, -0.2) is 55.2 Å². The van der Waals surface area contributed by atoms with Gasteiger partial charge in [-0.1, -0.05) is 24.3 Å². The summed E-state index contributed by atoms with van der Waals surface area (Å²) in [6, 6.07) is 14.1. The Hall–Kier alpha value is -1.82. The van der Waals surface area contributed by atoms with Gasteiger partial charge in [-0.05, 0) is 68.2 Å². The lowest BCUT2D eigenvalue weighted by Crippen LogP contribution is -2.38. The summed E-state index contributed by atoms with van der Waals surface area (Å²) in [5, 5.41) is 0. The summed E-state index contributed by atoms with van der Waals surface area (Å²) in [4.78, 5) is 5.04. The molecule has 0 amide bonds. The normalized spacial score (nSPS) is 23.3. The van der Waals surface area contributed by atoms with Gasteiger partial charge in [0.05, 0.1) is 6.61 Å². The van der Waals surface area contributed by atoms with Crippen LogP contribution in [0, 0.1) is 11.6 Å². The third-order valence-corrected chi connectivity index (χ3v) is 6.27. The molecule has 3 nitrogen and oxygen atoms in total. The number of ether oxygens (including phenoxy) is 1. The van der Waals surface area contributed by atoms with E-state index >= 15 is 0 Å². The average molecular weight is 386 g/mol. The van der Waals surface area contributed by atoms with E-state index in [9.17, 15) is 8.78 Å². The van der Waals surface area contributed by atoms with Crippen molar-refractivity contribution in [3.8, 4) is 0 Å². The summed E-state index contributed by atoms with van der Waals surface area (Å²) < 4.78 is 32.9. The lowest BCUT2D eigenvalue weighted by molar-refractivity contribution is 0.0578. The molecule has 0 spiro atoms. The Morgan fingerprint density at radius 2 is 1.46 bits per heavy atom. The van der Waals surface area contributed by atoms with Crippen LogP contribution in [0.5, 0.6) is 0 Å². The molecule has 2 heterocycles. The molecule has 0 saturated carbocycles. The Balaban J connectivity index is 1.41. The highest BCUT2D eigenvalue weighted by molar-refractivity contribution is 5.30. The van der Waals surface area contributed by atoms with Crippen molar-refractivity contribution in [1.82, 2.24) is 9.80 Å². The predicted octanol–water partition coefficient (Wildman–Crippen LogP) is 4.24. The molecule has 2 aliphatic rings. The second-order valence-corrected chi connectivity index (χ2v) is 7.99. The van der Waals surface area contributed by atoms with Crippen molar-refractivity contribution in [2.75, 3.05) is 33.3 Å². The molecule has 0 unspecified atom stereocenters. The van der Waals surface area contributed by atoms with Gasteiger partial charge in [-0.2, -0.15) is 0 Å². The quantitative estimate of drug-likeness (QED) is 0.739. The molecule has 5 heteroatoms. The van der Waals surface area contributed by atoms with Gasteiger partial charge >= 0.3 is 0 Å². The summed E-state index contributed by atoms with van der Waals surface area (Å²) in [7, 11) is 2.25. The smallest absolute Gasteiger partial charge is 0.123 e. The van der Waals surface area contributed by atoms with Crippen molar-refractivity contribution in [3.05, 3.63) is 71.3 Å². The van der Waals surface area contributed by atoms with Crippen molar-refractivity contribution in [2.24, 2.45) is 0 Å². The van der Waals surface area contributed by atoms with Crippen molar-refractivity contribution in [2.45, 2.75) is 37.5 Å². The van der Waals surface area contributed by atoms with Crippen LogP contribution in [0.25, 0.3) is 0 Å². The first-order valence-corrected chi connectivity index (χ1v) is 10.2. The topological polar surface area (TPSA) is 15.7 Å². The zero-order valence-corrected chi connectivity index (χ0v) is 16.4. The van der Waals surface area contributed by atoms with Gasteiger partial charge in [0.15, 0.2) is 0 Å². The Bertz CT molecular complexity index is 720. The van der Waals surface area contributed by atoms with Crippen molar-refractivity contribution in [1.29, 1.82) is 0 Å². The molecular weight excluding hydrogens is 358 g/mol. The molecule has 150 valence electrons. The first-order valence-electron chi connectivity index (χ1n) is 10.2. The van der Waals surface area contributed by atoms with E-state index < -0.39 is 0 Å². The van der Waals surface area contributed by atoms with Crippen LogP contribution in [0.3, 0.4) is 0 Å². The first kappa shape index (κ1) is 19.5. The molecule has 0 aromatic heterocycles. The molecule has 2 fully saturated rings. The summed E-state index contributed by atoms with van der Waals surface area (Å²) in [5.41, 5.74) is 1.75. The van der Waals surface area contributed by atoms with Crippen LogP contribution in [0.15, 0.2) is 48.5 Å².